The summed E-state index contributed by atoms with van der Waals surface area (Å²) in [5.41, 5.74) is 1.50. The molecule has 1 amide bonds. The number of sulfone groups is 1. The first-order chi connectivity index (χ1) is 9.48. The summed E-state index contributed by atoms with van der Waals surface area (Å²) in [6, 6.07) is 7.13. The smallest absolute Gasteiger partial charge is 0.251 e. The van der Waals surface area contributed by atoms with Crippen molar-refractivity contribution < 1.29 is 13.2 Å². The zero-order valence-electron chi connectivity index (χ0n) is 12.0. The van der Waals surface area contributed by atoms with Gasteiger partial charge in [-0.3, -0.25) is 4.79 Å². The molecule has 0 aromatic heterocycles. The fourth-order valence-electron chi connectivity index (χ4n) is 1.58. The maximum atomic E-state index is 11.8. The zero-order chi connectivity index (χ0) is 15.0. The molecule has 0 saturated carbocycles. The lowest BCUT2D eigenvalue weighted by Crippen LogP contribution is -2.29. The van der Waals surface area contributed by atoms with E-state index in [0.717, 1.165) is 18.7 Å². The third kappa shape index (κ3) is 5.61. The predicted molar refractivity (Wildman–Crippen MR) is 81.9 cm³/mol. The Balaban J connectivity index is 2.47. The van der Waals surface area contributed by atoms with E-state index in [1.807, 2.05) is 12.1 Å². The van der Waals surface area contributed by atoms with Crippen molar-refractivity contribution in [2.45, 2.75) is 20.3 Å². The number of anilines is 1. The molecule has 1 aromatic rings. The molecule has 0 aliphatic rings. The van der Waals surface area contributed by atoms with E-state index in [0.29, 0.717) is 5.56 Å². The van der Waals surface area contributed by atoms with Gasteiger partial charge in [0, 0.05) is 30.1 Å². The van der Waals surface area contributed by atoms with Crippen LogP contribution in [0.4, 0.5) is 5.69 Å². The van der Waals surface area contributed by atoms with Gasteiger partial charge in [-0.2, -0.15) is 0 Å². The molecular formula is C14H22N2O3S. The van der Waals surface area contributed by atoms with Crippen molar-refractivity contribution in [3.8, 4) is 0 Å². The number of rotatable bonds is 8. The molecule has 0 aliphatic heterocycles. The fourth-order valence-corrected chi connectivity index (χ4v) is 2.28. The largest absolute Gasteiger partial charge is 0.385 e. The van der Waals surface area contributed by atoms with Gasteiger partial charge in [-0.1, -0.05) is 13.8 Å². The minimum Gasteiger partial charge on any atom is -0.385 e. The van der Waals surface area contributed by atoms with E-state index in [1.54, 1.807) is 19.1 Å². The van der Waals surface area contributed by atoms with Crippen molar-refractivity contribution in [1.82, 2.24) is 5.32 Å². The van der Waals surface area contributed by atoms with Crippen LogP contribution in [0.1, 0.15) is 30.6 Å². The number of benzene rings is 1. The van der Waals surface area contributed by atoms with Crippen LogP contribution in [0.5, 0.6) is 0 Å². The zero-order valence-corrected chi connectivity index (χ0v) is 12.8. The Labute approximate surface area is 120 Å². The minimum absolute atomic E-state index is 0.0224. The SMILES string of the molecule is CCCNc1ccc(C(=O)NCCS(=O)(=O)CC)cc1. The maximum absolute atomic E-state index is 11.8. The van der Waals surface area contributed by atoms with Gasteiger partial charge in [-0.25, -0.2) is 8.42 Å². The second-order valence-electron chi connectivity index (χ2n) is 4.50. The second kappa shape index (κ2) is 7.89. The van der Waals surface area contributed by atoms with E-state index < -0.39 is 9.84 Å². The molecule has 20 heavy (non-hydrogen) atoms. The predicted octanol–water partition coefficient (Wildman–Crippen LogP) is 1.67. The molecule has 6 heteroatoms. The lowest BCUT2D eigenvalue weighted by atomic mass is 10.2. The van der Waals surface area contributed by atoms with Gasteiger partial charge in [0.15, 0.2) is 9.84 Å². The first kappa shape index (κ1) is 16.5. The van der Waals surface area contributed by atoms with E-state index in [1.165, 1.54) is 0 Å². The van der Waals surface area contributed by atoms with Crippen LogP contribution in [0.3, 0.4) is 0 Å². The Bertz CT molecular complexity index is 524. The Morgan fingerprint density at radius 1 is 1.10 bits per heavy atom. The highest BCUT2D eigenvalue weighted by atomic mass is 32.2. The average molecular weight is 298 g/mol. The molecule has 1 rings (SSSR count). The summed E-state index contributed by atoms with van der Waals surface area (Å²) in [7, 11) is -3.04. The van der Waals surface area contributed by atoms with E-state index in [9.17, 15) is 13.2 Å². The van der Waals surface area contributed by atoms with Crippen LogP contribution in [0, 0.1) is 0 Å². The first-order valence-corrected chi connectivity index (χ1v) is 8.63. The van der Waals surface area contributed by atoms with Gasteiger partial charge in [0.2, 0.25) is 0 Å². The average Bonchev–Trinajstić information content (AvgIpc) is 2.45. The van der Waals surface area contributed by atoms with Gasteiger partial charge < -0.3 is 10.6 Å². The quantitative estimate of drug-likeness (QED) is 0.765. The lowest BCUT2D eigenvalue weighted by Gasteiger charge is -2.07. The Kier molecular flexibility index (Phi) is 6.51. The highest BCUT2D eigenvalue weighted by molar-refractivity contribution is 7.91. The van der Waals surface area contributed by atoms with Crippen molar-refractivity contribution in [1.29, 1.82) is 0 Å². The van der Waals surface area contributed by atoms with Gasteiger partial charge in [0.1, 0.15) is 0 Å². The summed E-state index contributed by atoms with van der Waals surface area (Å²) in [5, 5.41) is 5.83. The van der Waals surface area contributed by atoms with Crippen LogP contribution in [0.15, 0.2) is 24.3 Å². The minimum atomic E-state index is -3.04. The summed E-state index contributed by atoms with van der Waals surface area (Å²) in [5.74, 6) is -0.176. The van der Waals surface area contributed by atoms with E-state index >= 15 is 0 Å². The number of hydrogen-bond donors (Lipinski definition) is 2. The van der Waals surface area contributed by atoms with Crippen molar-refractivity contribution in [2.24, 2.45) is 0 Å². The van der Waals surface area contributed by atoms with Crippen molar-refractivity contribution >= 4 is 21.4 Å². The number of amides is 1. The Morgan fingerprint density at radius 3 is 2.30 bits per heavy atom. The molecule has 0 heterocycles. The van der Waals surface area contributed by atoms with Crippen LogP contribution >= 0.6 is 0 Å². The summed E-state index contributed by atoms with van der Waals surface area (Å²) < 4.78 is 22.6. The Morgan fingerprint density at radius 2 is 1.75 bits per heavy atom. The van der Waals surface area contributed by atoms with E-state index in [4.69, 9.17) is 0 Å². The van der Waals surface area contributed by atoms with Crippen LogP contribution in [-0.2, 0) is 9.84 Å². The van der Waals surface area contributed by atoms with E-state index in [-0.39, 0.29) is 24.0 Å². The van der Waals surface area contributed by atoms with Crippen molar-refractivity contribution in [3.05, 3.63) is 29.8 Å². The molecule has 112 valence electrons. The fraction of sp³-hybridized carbons (Fsp3) is 0.500. The topological polar surface area (TPSA) is 75.3 Å². The lowest BCUT2D eigenvalue weighted by molar-refractivity contribution is 0.0956. The maximum Gasteiger partial charge on any atom is 0.251 e. The van der Waals surface area contributed by atoms with Gasteiger partial charge in [-0.15, -0.1) is 0 Å². The molecule has 0 saturated heterocycles. The molecule has 0 aliphatic carbocycles. The number of hydrogen-bond acceptors (Lipinski definition) is 4. The molecule has 0 bridgehead atoms. The number of nitrogens with one attached hydrogen (secondary N) is 2. The highest BCUT2D eigenvalue weighted by Gasteiger charge is 2.09. The molecule has 0 radical (unpaired) electrons. The molecule has 0 spiro atoms. The van der Waals surface area contributed by atoms with Crippen LogP contribution in [0.2, 0.25) is 0 Å². The third-order valence-electron chi connectivity index (χ3n) is 2.86. The Hall–Kier alpha value is -1.56. The second-order valence-corrected chi connectivity index (χ2v) is 6.97. The molecule has 1 aromatic carbocycles. The highest BCUT2D eigenvalue weighted by Crippen LogP contribution is 2.09. The molecule has 0 fully saturated rings. The standard InChI is InChI=1S/C14H22N2O3S/c1-3-9-15-13-7-5-12(6-8-13)14(17)16-10-11-20(18,19)4-2/h5-8,15H,3-4,9-11H2,1-2H3,(H,16,17). The summed E-state index contributed by atoms with van der Waals surface area (Å²) in [6.07, 6.45) is 1.04. The van der Waals surface area contributed by atoms with Crippen LogP contribution in [-0.4, -0.2) is 38.9 Å². The summed E-state index contributed by atoms with van der Waals surface area (Å²) >= 11 is 0. The van der Waals surface area contributed by atoms with Crippen LogP contribution in [0.25, 0.3) is 0 Å². The molecular weight excluding hydrogens is 276 g/mol. The molecule has 0 atom stereocenters. The summed E-state index contributed by atoms with van der Waals surface area (Å²) in [6.45, 7) is 4.71. The summed E-state index contributed by atoms with van der Waals surface area (Å²) in [4.78, 5) is 11.8. The first-order valence-electron chi connectivity index (χ1n) is 6.81. The molecule has 5 nitrogen and oxygen atoms in total. The van der Waals surface area contributed by atoms with Crippen molar-refractivity contribution in [2.75, 3.05) is 29.9 Å². The van der Waals surface area contributed by atoms with Gasteiger partial charge in [0.25, 0.3) is 5.91 Å². The van der Waals surface area contributed by atoms with Gasteiger partial charge in [0.05, 0.1) is 5.75 Å². The normalized spacial score (nSPS) is 11.1. The molecule has 2 N–H and O–H groups in total. The number of carbonyl (C=O) groups is 1. The van der Waals surface area contributed by atoms with Gasteiger partial charge in [-0.05, 0) is 30.7 Å². The van der Waals surface area contributed by atoms with Crippen molar-refractivity contribution in [3.63, 3.8) is 0 Å². The third-order valence-corrected chi connectivity index (χ3v) is 4.57. The monoisotopic (exact) mass is 298 g/mol. The molecule has 0 unspecified atom stereocenters. The van der Waals surface area contributed by atoms with E-state index in [2.05, 4.69) is 17.6 Å². The number of carbonyl (C=O) groups excluding carboxylic acids is 1. The van der Waals surface area contributed by atoms with Crippen LogP contribution < -0.4 is 10.6 Å². The van der Waals surface area contributed by atoms with Gasteiger partial charge >= 0.3 is 0 Å².